The molecule has 0 bridgehead atoms. The molecule has 1 aromatic rings. The zero-order valence-corrected chi connectivity index (χ0v) is 12.0. The van der Waals surface area contributed by atoms with Gasteiger partial charge in [0.05, 0.1) is 11.0 Å². The maximum absolute atomic E-state index is 10.6. The van der Waals surface area contributed by atoms with Crippen molar-refractivity contribution in [2.45, 2.75) is 45.4 Å². The highest BCUT2D eigenvalue weighted by Crippen LogP contribution is 2.20. The topological polar surface area (TPSA) is 64.4 Å². The summed E-state index contributed by atoms with van der Waals surface area (Å²) in [6.45, 7) is 5.92. The number of non-ortho nitro benzene ring substituents is 1. The summed E-state index contributed by atoms with van der Waals surface area (Å²) < 4.78 is 5.75. The summed E-state index contributed by atoms with van der Waals surface area (Å²) in [5.74, 6) is 0.541. The summed E-state index contributed by atoms with van der Waals surface area (Å²) in [5, 5.41) is 14.1. The van der Waals surface area contributed by atoms with Crippen LogP contribution in [0, 0.1) is 16.0 Å². The summed E-state index contributed by atoms with van der Waals surface area (Å²) >= 11 is 0. The molecule has 2 unspecified atom stereocenters. The highest BCUT2D eigenvalue weighted by Gasteiger charge is 2.24. The van der Waals surface area contributed by atoms with E-state index in [9.17, 15) is 10.1 Å². The first kappa shape index (κ1) is 14.9. The van der Waals surface area contributed by atoms with Crippen LogP contribution in [0.2, 0.25) is 0 Å². The van der Waals surface area contributed by atoms with E-state index in [1.165, 1.54) is 0 Å². The maximum Gasteiger partial charge on any atom is 0.269 e. The number of benzene rings is 1. The average molecular weight is 278 g/mol. The summed E-state index contributed by atoms with van der Waals surface area (Å²) in [6, 6.07) is 7.19. The molecule has 0 saturated carbocycles. The predicted octanol–water partition coefficient (Wildman–Crippen LogP) is 2.89. The van der Waals surface area contributed by atoms with Crippen LogP contribution in [0.5, 0.6) is 0 Å². The second kappa shape index (κ2) is 6.81. The van der Waals surface area contributed by atoms with Gasteiger partial charge in [-0.05, 0) is 24.3 Å². The van der Waals surface area contributed by atoms with Gasteiger partial charge in [-0.15, -0.1) is 0 Å². The van der Waals surface area contributed by atoms with Crippen LogP contribution in [0.25, 0.3) is 0 Å². The maximum atomic E-state index is 10.6. The Morgan fingerprint density at radius 2 is 2.10 bits per heavy atom. The molecule has 5 nitrogen and oxygen atoms in total. The molecule has 110 valence electrons. The first-order valence-corrected chi connectivity index (χ1v) is 7.14. The molecule has 1 aromatic carbocycles. The lowest BCUT2D eigenvalue weighted by Gasteiger charge is -2.32. The Morgan fingerprint density at radius 3 is 2.70 bits per heavy atom. The van der Waals surface area contributed by atoms with Crippen LogP contribution in [0.4, 0.5) is 5.69 Å². The van der Waals surface area contributed by atoms with Crippen LogP contribution in [-0.2, 0) is 11.3 Å². The van der Waals surface area contributed by atoms with E-state index in [4.69, 9.17) is 4.74 Å². The van der Waals surface area contributed by atoms with E-state index in [0.29, 0.717) is 18.1 Å². The van der Waals surface area contributed by atoms with Crippen molar-refractivity contribution in [2.24, 2.45) is 5.92 Å². The van der Waals surface area contributed by atoms with E-state index < -0.39 is 0 Å². The molecular formula is C15H22N2O3. The number of ether oxygens (including phenoxy) is 1. The average Bonchev–Trinajstić information content (AvgIpc) is 2.46. The lowest BCUT2D eigenvalue weighted by Crippen LogP contribution is -2.40. The molecule has 1 N–H and O–H groups in total. The normalized spacial score (nSPS) is 22.9. The van der Waals surface area contributed by atoms with Gasteiger partial charge in [-0.2, -0.15) is 0 Å². The standard InChI is InChI=1S/C15H22N2O3/c1-11(2)15-9-13(7-8-20-15)16-10-12-3-5-14(6-4-12)17(18)19/h3-6,11,13,15-16H,7-10H2,1-2H3. The Balaban J connectivity index is 1.84. The summed E-state index contributed by atoms with van der Waals surface area (Å²) in [4.78, 5) is 10.2. The van der Waals surface area contributed by atoms with Gasteiger partial charge in [0.15, 0.2) is 0 Å². The van der Waals surface area contributed by atoms with Gasteiger partial charge >= 0.3 is 0 Å². The SMILES string of the molecule is CC(C)C1CC(NCc2ccc([N+](=O)[O-])cc2)CCO1. The van der Waals surface area contributed by atoms with Crippen molar-refractivity contribution in [3.8, 4) is 0 Å². The molecule has 5 heteroatoms. The van der Waals surface area contributed by atoms with Crippen molar-refractivity contribution in [3.63, 3.8) is 0 Å². The van der Waals surface area contributed by atoms with E-state index in [1.54, 1.807) is 12.1 Å². The minimum absolute atomic E-state index is 0.139. The van der Waals surface area contributed by atoms with Crippen molar-refractivity contribution in [1.82, 2.24) is 5.32 Å². The molecule has 1 fully saturated rings. The van der Waals surface area contributed by atoms with Crippen molar-refractivity contribution < 1.29 is 9.66 Å². The second-order valence-corrected chi connectivity index (χ2v) is 5.68. The molecule has 1 aliphatic heterocycles. The van der Waals surface area contributed by atoms with Gasteiger partial charge in [0.1, 0.15) is 0 Å². The molecule has 20 heavy (non-hydrogen) atoms. The van der Waals surface area contributed by atoms with Crippen LogP contribution in [0.1, 0.15) is 32.3 Å². The largest absolute Gasteiger partial charge is 0.378 e. The van der Waals surface area contributed by atoms with Crippen LogP contribution in [0.3, 0.4) is 0 Å². The number of hydrogen-bond acceptors (Lipinski definition) is 4. The van der Waals surface area contributed by atoms with E-state index >= 15 is 0 Å². The monoisotopic (exact) mass is 278 g/mol. The minimum Gasteiger partial charge on any atom is -0.378 e. The molecule has 0 spiro atoms. The van der Waals surface area contributed by atoms with Gasteiger partial charge in [-0.25, -0.2) is 0 Å². The predicted molar refractivity (Wildman–Crippen MR) is 77.5 cm³/mol. The van der Waals surface area contributed by atoms with Crippen LogP contribution in [-0.4, -0.2) is 23.7 Å². The van der Waals surface area contributed by atoms with Crippen molar-refractivity contribution in [3.05, 3.63) is 39.9 Å². The number of hydrogen-bond donors (Lipinski definition) is 1. The molecule has 2 atom stereocenters. The molecule has 1 heterocycles. The molecular weight excluding hydrogens is 256 g/mol. The van der Waals surface area contributed by atoms with E-state index in [2.05, 4.69) is 19.2 Å². The third kappa shape index (κ3) is 4.02. The zero-order chi connectivity index (χ0) is 14.5. The number of nitrogens with one attached hydrogen (secondary N) is 1. The van der Waals surface area contributed by atoms with Crippen LogP contribution < -0.4 is 5.32 Å². The molecule has 0 aliphatic carbocycles. The van der Waals surface area contributed by atoms with E-state index in [-0.39, 0.29) is 10.6 Å². The summed E-state index contributed by atoms with van der Waals surface area (Å²) in [7, 11) is 0. The van der Waals surface area contributed by atoms with Crippen molar-refractivity contribution >= 4 is 5.69 Å². The minimum atomic E-state index is -0.372. The molecule has 1 aliphatic rings. The number of nitrogens with zero attached hydrogens (tertiary/aromatic N) is 1. The van der Waals surface area contributed by atoms with Crippen LogP contribution >= 0.6 is 0 Å². The van der Waals surface area contributed by atoms with Crippen molar-refractivity contribution in [1.29, 1.82) is 0 Å². The second-order valence-electron chi connectivity index (χ2n) is 5.68. The highest BCUT2D eigenvalue weighted by atomic mass is 16.6. The van der Waals surface area contributed by atoms with Gasteiger partial charge in [0, 0.05) is 31.3 Å². The van der Waals surface area contributed by atoms with Gasteiger partial charge in [0.25, 0.3) is 5.69 Å². The van der Waals surface area contributed by atoms with Gasteiger partial charge in [-0.3, -0.25) is 10.1 Å². The third-order valence-electron chi connectivity index (χ3n) is 3.80. The smallest absolute Gasteiger partial charge is 0.269 e. The first-order valence-electron chi connectivity index (χ1n) is 7.14. The third-order valence-corrected chi connectivity index (χ3v) is 3.80. The Kier molecular flexibility index (Phi) is 5.09. The zero-order valence-electron chi connectivity index (χ0n) is 12.0. The Bertz CT molecular complexity index is 445. The summed E-state index contributed by atoms with van der Waals surface area (Å²) in [5.41, 5.74) is 1.21. The number of rotatable bonds is 5. The fourth-order valence-electron chi connectivity index (χ4n) is 2.48. The molecule has 0 amide bonds. The first-order chi connectivity index (χ1) is 9.56. The van der Waals surface area contributed by atoms with E-state index in [0.717, 1.165) is 31.6 Å². The molecule has 2 rings (SSSR count). The lowest BCUT2D eigenvalue weighted by molar-refractivity contribution is -0.384. The number of nitro groups is 1. The van der Waals surface area contributed by atoms with Gasteiger partial charge < -0.3 is 10.1 Å². The number of nitro benzene ring substituents is 1. The fourth-order valence-corrected chi connectivity index (χ4v) is 2.48. The highest BCUT2D eigenvalue weighted by molar-refractivity contribution is 5.32. The Morgan fingerprint density at radius 1 is 1.40 bits per heavy atom. The molecule has 0 aromatic heterocycles. The van der Waals surface area contributed by atoms with E-state index in [1.807, 2.05) is 12.1 Å². The van der Waals surface area contributed by atoms with Gasteiger partial charge in [-0.1, -0.05) is 26.0 Å². The fraction of sp³-hybridized carbons (Fsp3) is 0.600. The Hall–Kier alpha value is -1.46. The quantitative estimate of drug-likeness (QED) is 0.664. The van der Waals surface area contributed by atoms with Crippen molar-refractivity contribution in [2.75, 3.05) is 6.61 Å². The summed E-state index contributed by atoms with van der Waals surface area (Å²) in [6.07, 6.45) is 2.39. The molecule has 0 radical (unpaired) electrons. The van der Waals surface area contributed by atoms with Crippen LogP contribution in [0.15, 0.2) is 24.3 Å². The van der Waals surface area contributed by atoms with Gasteiger partial charge in [0.2, 0.25) is 0 Å². The Labute approximate surface area is 119 Å². The molecule has 1 saturated heterocycles. The lowest BCUT2D eigenvalue weighted by atomic mass is 9.95.